The van der Waals surface area contributed by atoms with Crippen molar-refractivity contribution >= 4 is 133 Å². The summed E-state index contributed by atoms with van der Waals surface area (Å²) in [5, 5.41) is 15.5. The molecular weight excluding hydrogens is 1510 g/mol. The number of carbonyl (C=O) groups excluding carboxylic acids is 4. The van der Waals surface area contributed by atoms with Crippen molar-refractivity contribution in [2.75, 3.05) is 21.3 Å². The predicted molar refractivity (Wildman–Crippen MR) is 379 cm³/mol. The number of hydrogen-bond donors (Lipinski definition) is 4. The first-order chi connectivity index (χ1) is 46.7. The van der Waals surface area contributed by atoms with Gasteiger partial charge in [0.2, 0.25) is 23.6 Å². The van der Waals surface area contributed by atoms with Crippen LogP contribution < -0.4 is 21.3 Å². The molecular formula is C67H71Cl4F6N9O12S4. The smallest absolute Gasteiger partial charge is 0.310 e. The third-order valence-corrected chi connectivity index (χ3v) is 26.1. The number of alkyl halides is 6. The number of nitrogens with zero attached hydrogens (tertiary/aromatic N) is 5. The van der Waals surface area contributed by atoms with Gasteiger partial charge in [0.25, 0.3) is 0 Å². The zero-order valence-electron chi connectivity index (χ0n) is 56.8. The first-order valence-electron chi connectivity index (χ1n) is 30.0. The number of carbonyl (C=O) groups is 4. The number of aryl methyl sites for hydroxylation is 2. The summed E-state index contributed by atoms with van der Waals surface area (Å²) in [7, 11) is -14.3. The zero-order chi connectivity index (χ0) is 77.4. The highest BCUT2D eigenvalue weighted by atomic mass is 35.5. The van der Waals surface area contributed by atoms with Crippen molar-refractivity contribution < 1.29 is 79.2 Å². The van der Waals surface area contributed by atoms with E-state index in [4.69, 9.17) is 46.4 Å². The number of amides is 4. The first kappa shape index (κ1) is 84.6. The molecule has 0 fully saturated rings. The van der Waals surface area contributed by atoms with E-state index < -0.39 is 111 Å². The molecule has 4 aromatic carbocycles. The maximum Gasteiger partial charge on any atom is 0.417 e. The van der Waals surface area contributed by atoms with Gasteiger partial charge in [0.05, 0.1) is 36.4 Å². The summed E-state index contributed by atoms with van der Waals surface area (Å²) in [6.07, 6.45) is -5.39. The minimum atomic E-state index is -4.62. The lowest BCUT2D eigenvalue weighted by Gasteiger charge is -2.23. The van der Waals surface area contributed by atoms with Crippen LogP contribution >= 0.6 is 46.4 Å². The number of sulfone groups is 4. The summed E-state index contributed by atoms with van der Waals surface area (Å²) >= 11 is 23.1. The summed E-state index contributed by atoms with van der Waals surface area (Å²) in [4.78, 5) is 61.2. The van der Waals surface area contributed by atoms with Crippen LogP contribution in [-0.4, -0.2) is 101 Å². The summed E-state index contributed by atoms with van der Waals surface area (Å²) in [5.41, 5.74) is -0.386. The average Bonchev–Trinajstić information content (AvgIpc) is 0.832. The number of rotatable bonds is 17. The number of benzene rings is 4. The maximum atomic E-state index is 12.9. The van der Waals surface area contributed by atoms with E-state index in [2.05, 4.69) is 41.3 Å². The number of aromatic nitrogens is 5. The van der Waals surface area contributed by atoms with E-state index in [1.807, 2.05) is 33.8 Å². The zero-order valence-corrected chi connectivity index (χ0v) is 63.1. The highest BCUT2D eigenvalue weighted by Gasteiger charge is 2.47. The van der Waals surface area contributed by atoms with Crippen molar-refractivity contribution in [1.29, 1.82) is 0 Å². The third kappa shape index (κ3) is 20.2. The fourth-order valence-electron chi connectivity index (χ4n) is 8.21. The number of nitrogens with one attached hydrogen (secondary N) is 4. The molecule has 4 heterocycles. The topological polar surface area (TPSA) is 309 Å². The highest BCUT2D eigenvalue weighted by Crippen LogP contribution is 2.36. The molecule has 4 N–H and O–H groups in total. The molecule has 550 valence electrons. The molecule has 0 bridgehead atoms. The van der Waals surface area contributed by atoms with Crippen LogP contribution in [0, 0.1) is 0 Å². The van der Waals surface area contributed by atoms with Crippen molar-refractivity contribution in [3.63, 3.8) is 0 Å². The van der Waals surface area contributed by atoms with Crippen molar-refractivity contribution in [3.8, 4) is 0 Å². The standard InChI is InChI=1S/C18H24ClN3O3S.C17H19ClN2O3S.2C16H14ClF3N2O3S/c1-17(2,3)14-11-15(22(6)21-14)20-16(23)18(4,5)26(24,25)13-9-7-12(19)8-10-13;1-4-12-9-10-19-15(11-12)20-16(21)17(2,3)24(22,23)14-7-5-13(18)6-8-14;1-15(2,26(24,25)12-6-4-11(17)5-7-12)14(23)22-13-8-3-10(9-21-13)16(18,19)20;1-15(2,26(24,25)12-5-3-11(17)4-6-12)14(23)22-13-9-10(7-8-21-13)16(18,19)20/h7-11H,1-6H3,(H,20,23);5-11H,4H2,1-3H3,(H,19,20,21);2*3-9H,1-2H3,(H,21,22,23). The summed E-state index contributed by atoms with van der Waals surface area (Å²) in [6, 6.07) is 30.4. The molecule has 0 saturated carbocycles. The van der Waals surface area contributed by atoms with E-state index in [1.165, 1.54) is 143 Å². The number of anilines is 4. The molecule has 0 aliphatic heterocycles. The molecule has 35 heteroatoms. The van der Waals surface area contributed by atoms with Crippen LogP contribution in [0.1, 0.15) is 105 Å². The SMILES string of the molecule is CC(C)(C(=O)Nc1cc(C(F)(F)F)ccn1)S(=O)(=O)c1ccc(Cl)cc1.CC(C)(C(=O)Nc1ccc(C(F)(F)F)cn1)S(=O)(=O)c1ccc(Cl)cc1.CCc1ccnc(NC(=O)C(C)(C)S(=O)(=O)c2ccc(Cl)cc2)c1.Cn1nc(C(C)(C)C)cc1NC(=O)C(C)(C)S(=O)(=O)c1ccc(Cl)cc1. The van der Waals surface area contributed by atoms with Gasteiger partial charge >= 0.3 is 12.4 Å². The Bertz CT molecular complexity index is 4830. The second-order valence-corrected chi connectivity index (χ2v) is 37.0. The molecule has 8 rings (SSSR count). The third-order valence-electron chi connectivity index (χ3n) is 15.4. The molecule has 21 nitrogen and oxygen atoms in total. The lowest BCUT2D eigenvalue weighted by Crippen LogP contribution is -2.44. The van der Waals surface area contributed by atoms with Gasteiger partial charge in [-0.05, 0) is 201 Å². The molecule has 0 aliphatic carbocycles. The van der Waals surface area contributed by atoms with E-state index in [0.717, 1.165) is 55.9 Å². The molecule has 0 spiro atoms. The Hall–Kier alpha value is -8.04. The quantitative estimate of drug-likeness (QED) is 0.0616. The van der Waals surface area contributed by atoms with E-state index in [9.17, 15) is 79.2 Å². The monoisotopic (exact) mass is 1580 g/mol. The van der Waals surface area contributed by atoms with Gasteiger partial charge in [-0.1, -0.05) is 74.1 Å². The number of halogens is 10. The Morgan fingerprint density at radius 2 is 0.716 bits per heavy atom. The first-order valence-corrected chi connectivity index (χ1v) is 37.4. The van der Waals surface area contributed by atoms with E-state index in [0.29, 0.717) is 44.0 Å². The second-order valence-electron chi connectivity index (χ2n) is 25.2. The van der Waals surface area contributed by atoms with Crippen molar-refractivity contribution in [1.82, 2.24) is 24.7 Å². The van der Waals surface area contributed by atoms with Gasteiger partial charge in [-0.2, -0.15) is 31.4 Å². The van der Waals surface area contributed by atoms with Gasteiger partial charge in [-0.3, -0.25) is 23.9 Å². The Labute approximate surface area is 607 Å². The molecule has 0 radical (unpaired) electrons. The maximum absolute atomic E-state index is 12.9. The molecule has 102 heavy (non-hydrogen) atoms. The Morgan fingerprint density at radius 1 is 0.402 bits per heavy atom. The lowest BCUT2D eigenvalue weighted by atomic mass is 9.92. The fourth-order valence-corrected chi connectivity index (χ4v) is 14.2. The van der Waals surface area contributed by atoms with Gasteiger partial charge in [-0.25, -0.2) is 48.6 Å². The normalized spacial score (nSPS) is 12.6. The van der Waals surface area contributed by atoms with Crippen LogP contribution in [0.25, 0.3) is 0 Å². The van der Waals surface area contributed by atoms with Crippen molar-refractivity contribution in [2.24, 2.45) is 7.05 Å². The van der Waals surface area contributed by atoms with E-state index >= 15 is 0 Å². The Kier molecular flexibility index (Phi) is 26.8. The van der Waals surface area contributed by atoms with Crippen LogP contribution in [0.5, 0.6) is 0 Å². The van der Waals surface area contributed by atoms with Crippen LogP contribution in [-0.2, 0) is 89.8 Å². The Morgan fingerprint density at radius 3 is 1.01 bits per heavy atom. The van der Waals surface area contributed by atoms with Gasteiger partial charge in [0.15, 0.2) is 39.3 Å². The molecule has 0 unspecified atom stereocenters. The second kappa shape index (κ2) is 32.3. The van der Waals surface area contributed by atoms with Gasteiger partial charge in [0.1, 0.15) is 42.3 Å². The predicted octanol–water partition coefficient (Wildman–Crippen LogP) is 14.9. The molecule has 8 aromatic rings. The van der Waals surface area contributed by atoms with Crippen LogP contribution in [0.3, 0.4) is 0 Å². The minimum Gasteiger partial charge on any atom is -0.310 e. The summed E-state index contributed by atoms with van der Waals surface area (Å²) in [5.74, 6) is -3.03. The molecule has 4 amide bonds. The average molecular weight is 1580 g/mol. The number of hydrogen-bond acceptors (Lipinski definition) is 16. The largest absolute Gasteiger partial charge is 0.417 e. The number of pyridine rings is 3. The van der Waals surface area contributed by atoms with Crippen molar-refractivity contribution in [2.45, 2.75) is 146 Å². The van der Waals surface area contributed by atoms with Crippen LogP contribution in [0.2, 0.25) is 20.1 Å². The molecule has 4 aromatic heterocycles. The van der Waals surface area contributed by atoms with E-state index in [1.54, 1.807) is 25.4 Å². The lowest BCUT2D eigenvalue weighted by molar-refractivity contribution is -0.138. The summed E-state index contributed by atoms with van der Waals surface area (Å²) in [6.45, 7) is 18.2. The van der Waals surface area contributed by atoms with E-state index in [-0.39, 0.29) is 30.8 Å². The van der Waals surface area contributed by atoms with Gasteiger partial charge in [0, 0.05) is 57.2 Å². The highest BCUT2D eigenvalue weighted by molar-refractivity contribution is 7.94. The van der Waals surface area contributed by atoms with Gasteiger partial charge < -0.3 is 21.3 Å². The molecule has 0 aliphatic rings. The van der Waals surface area contributed by atoms with Gasteiger partial charge in [-0.15, -0.1) is 0 Å². The Balaban J connectivity index is 0.000000245. The van der Waals surface area contributed by atoms with Crippen LogP contribution in [0.4, 0.5) is 49.6 Å². The molecule has 0 saturated heterocycles. The fraction of sp³-hybridized carbons (Fsp3) is 0.313. The van der Waals surface area contributed by atoms with Crippen LogP contribution in [0.15, 0.2) is 178 Å². The summed E-state index contributed by atoms with van der Waals surface area (Å²) < 4.78 is 172. The molecule has 0 atom stereocenters. The van der Waals surface area contributed by atoms with Crippen molar-refractivity contribution in [3.05, 3.63) is 201 Å². The minimum absolute atomic E-state index is 0.0438.